The number of benzene rings is 3. The van der Waals surface area contributed by atoms with E-state index in [1.165, 1.54) is 5.56 Å². The van der Waals surface area contributed by atoms with Gasteiger partial charge in [-0.2, -0.15) is 4.98 Å². The Morgan fingerprint density at radius 3 is 2.30 bits per heavy atom. The molecule has 0 fully saturated rings. The molecule has 4 N–H and O–H groups in total. The number of hydrogen-bond acceptors (Lipinski definition) is 6. The van der Waals surface area contributed by atoms with Gasteiger partial charge in [0.05, 0.1) is 7.11 Å². The molecule has 0 unspecified atom stereocenters. The van der Waals surface area contributed by atoms with E-state index in [0.717, 1.165) is 23.2 Å². The largest absolute Gasteiger partial charge is 0.494 e. The summed E-state index contributed by atoms with van der Waals surface area (Å²) in [5.74, 6) is 1.81. The van der Waals surface area contributed by atoms with E-state index >= 15 is 0 Å². The summed E-state index contributed by atoms with van der Waals surface area (Å²) < 4.78 is 5.52. The number of nitrogens with two attached hydrogens (primary N) is 1. The third-order valence-corrected chi connectivity index (χ3v) is 4.91. The van der Waals surface area contributed by atoms with Gasteiger partial charge in [0.2, 0.25) is 5.95 Å². The van der Waals surface area contributed by atoms with Crippen LogP contribution in [0.3, 0.4) is 0 Å². The quantitative estimate of drug-likeness (QED) is 0.378. The van der Waals surface area contributed by atoms with Crippen LogP contribution in [0, 0.1) is 0 Å². The summed E-state index contributed by atoms with van der Waals surface area (Å²) in [6, 6.07) is 21.3. The number of para-hydroxylation sites is 1. The normalized spacial score (nSPS) is 10.8. The molecule has 0 aliphatic heterocycles. The monoisotopic (exact) mass is 419 g/mol. The minimum atomic E-state index is 0.468. The van der Waals surface area contributed by atoms with Crippen molar-refractivity contribution in [3.05, 3.63) is 77.3 Å². The molecule has 152 valence electrons. The lowest BCUT2D eigenvalue weighted by Crippen LogP contribution is -2.04. The van der Waals surface area contributed by atoms with Gasteiger partial charge in [-0.25, -0.2) is 4.98 Å². The Bertz CT molecular complexity index is 1150. The number of anilines is 4. The van der Waals surface area contributed by atoms with E-state index in [4.69, 9.17) is 27.1 Å². The van der Waals surface area contributed by atoms with Gasteiger partial charge in [0, 0.05) is 21.8 Å². The van der Waals surface area contributed by atoms with Crippen molar-refractivity contribution < 1.29 is 4.74 Å². The van der Waals surface area contributed by atoms with Gasteiger partial charge < -0.3 is 21.1 Å². The number of aromatic nitrogens is 2. The van der Waals surface area contributed by atoms with Gasteiger partial charge in [0.1, 0.15) is 17.1 Å². The summed E-state index contributed by atoms with van der Waals surface area (Å²) in [7, 11) is 1.63. The molecule has 0 bridgehead atoms. The maximum Gasteiger partial charge on any atom is 0.229 e. The van der Waals surface area contributed by atoms with Crippen LogP contribution in [0.25, 0.3) is 10.9 Å². The van der Waals surface area contributed by atoms with Crippen LogP contribution < -0.4 is 21.1 Å². The average molecular weight is 420 g/mol. The Labute approximate surface area is 180 Å². The van der Waals surface area contributed by atoms with E-state index in [1.807, 2.05) is 66.7 Å². The predicted octanol–water partition coefficient (Wildman–Crippen LogP) is 5.28. The van der Waals surface area contributed by atoms with Gasteiger partial charge in [-0.1, -0.05) is 29.8 Å². The molecule has 4 rings (SSSR count). The maximum absolute atomic E-state index is 6.01. The molecule has 7 heteroatoms. The molecule has 0 saturated carbocycles. The minimum absolute atomic E-state index is 0.468. The van der Waals surface area contributed by atoms with Gasteiger partial charge in [0.25, 0.3) is 0 Å². The Morgan fingerprint density at radius 2 is 1.60 bits per heavy atom. The molecule has 0 aliphatic carbocycles. The van der Waals surface area contributed by atoms with Gasteiger partial charge in [0.15, 0.2) is 0 Å². The molecule has 0 spiro atoms. The summed E-state index contributed by atoms with van der Waals surface area (Å²) in [6.45, 7) is 0.625. The lowest BCUT2D eigenvalue weighted by Gasteiger charge is -2.14. The smallest absolute Gasteiger partial charge is 0.229 e. The van der Waals surface area contributed by atoms with Crippen LogP contribution in [0.2, 0.25) is 5.02 Å². The molecule has 4 aromatic rings. The van der Waals surface area contributed by atoms with Crippen molar-refractivity contribution in [2.24, 2.45) is 5.73 Å². The number of nitrogens with one attached hydrogen (secondary N) is 2. The van der Waals surface area contributed by atoms with Gasteiger partial charge in [-0.3, -0.25) is 0 Å². The Morgan fingerprint density at radius 1 is 0.900 bits per heavy atom. The van der Waals surface area contributed by atoms with Crippen molar-refractivity contribution in [1.29, 1.82) is 0 Å². The number of nitrogens with zero attached hydrogens (tertiary/aromatic N) is 2. The second-order valence-corrected chi connectivity index (χ2v) is 7.18. The van der Waals surface area contributed by atoms with Crippen LogP contribution in [0.4, 0.5) is 23.1 Å². The van der Waals surface area contributed by atoms with E-state index < -0.39 is 0 Å². The Hall–Kier alpha value is -3.35. The summed E-state index contributed by atoms with van der Waals surface area (Å²) in [6.07, 6.45) is 0.846. The molecule has 0 radical (unpaired) electrons. The molecule has 0 aliphatic rings. The third-order valence-electron chi connectivity index (χ3n) is 4.66. The highest BCUT2D eigenvalue weighted by atomic mass is 35.5. The molecular weight excluding hydrogens is 398 g/mol. The molecule has 6 nitrogen and oxygen atoms in total. The molecular formula is C23H22ClN5O. The Balaban J connectivity index is 1.73. The number of fused-ring (bicyclic) bond motifs is 1. The number of hydrogen-bond donors (Lipinski definition) is 3. The molecule has 1 heterocycles. The first-order chi connectivity index (χ1) is 14.7. The topological polar surface area (TPSA) is 85.1 Å². The van der Waals surface area contributed by atoms with Crippen molar-refractivity contribution in [2.45, 2.75) is 6.42 Å². The zero-order chi connectivity index (χ0) is 20.9. The second-order valence-electron chi connectivity index (χ2n) is 6.74. The first kappa shape index (κ1) is 19.9. The molecule has 0 saturated heterocycles. The highest BCUT2D eigenvalue weighted by Gasteiger charge is 2.12. The van der Waals surface area contributed by atoms with Crippen LogP contribution >= 0.6 is 11.6 Å². The van der Waals surface area contributed by atoms with Gasteiger partial charge in [-0.05, 0) is 67.1 Å². The molecule has 0 atom stereocenters. The fraction of sp³-hybridized carbons (Fsp3) is 0.130. The minimum Gasteiger partial charge on any atom is -0.494 e. The summed E-state index contributed by atoms with van der Waals surface area (Å²) >= 11 is 6.01. The van der Waals surface area contributed by atoms with E-state index in [2.05, 4.69) is 15.6 Å². The van der Waals surface area contributed by atoms with Crippen LogP contribution in [0.1, 0.15) is 5.56 Å². The fourth-order valence-electron chi connectivity index (χ4n) is 3.16. The van der Waals surface area contributed by atoms with Crippen molar-refractivity contribution in [3.63, 3.8) is 0 Å². The Kier molecular flexibility index (Phi) is 5.97. The number of methoxy groups -OCH3 is 1. The van der Waals surface area contributed by atoms with Crippen molar-refractivity contribution >= 4 is 45.6 Å². The molecule has 30 heavy (non-hydrogen) atoms. The predicted molar refractivity (Wildman–Crippen MR) is 123 cm³/mol. The first-order valence-electron chi connectivity index (χ1n) is 9.59. The van der Waals surface area contributed by atoms with Crippen molar-refractivity contribution in [1.82, 2.24) is 9.97 Å². The van der Waals surface area contributed by atoms with Gasteiger partial charge >= 0.3 is 0 Å². The molecule has 0 amide bonds. The third kappa shape index (κ3) is 4.45. The fourth-order valence-corrected chi connectivity index (χ4v) is 3.29. The highest BCUT2D eigenvalue weighted by Crippen LogP contribution is 2.32. The molecule has 1 aromatic heterocycles. The van der Waals surface area contributed by atoms with Crippen LogP contribution in [-0.4, -0.2) is 23.6 Å². The van der Waals surface area contributed by atoms with E-state index in [9.17, 15) is 0 Å². The number of rotatable bonds is 7. The lowest BCUT2D eigenvalue weighted by atomic mass is 10.1. The van der Waals surface area contributed by atoms with Crippen LogP contribution in [0.15, 0.2) is 66.7 Å². The van der Waals surface area contributed by atoms with E-state index in [1.54, 1.807) is 7.11 Å². The van der Waals surface area contributed by atoms with Crippen molar-refractivity contribution in [2.75, 3.05) is 24.3 Å². The standard InChI is InChI=1S/C23H22ClN5O/c1-30-20-4-2-3-19-21(20)28-23(27-18-9-5-15(6-10-18)13-14-25)29-22(19)26-17-11-7-16(24)8-12-17/h2-12H,13-14,25H2,1H3,(H2,26,27,28,29). The number of ether oxygens (including phenoxy) is 1. The second kappa shape index (κ2) is 8.98. The zero-order valence-corrected chi connectivity index (χ0v) is 17.3. The number of halogens is 1. The summed E-state index contributed by atoms with van der Waals surface area (Å²) in [5, 5.41) is 8.17. The first-order valence-corrected chi connectivity index (χ1v) is 9.97. The molecule has 3 aromatic carbocycles. The zero-order valence-electron chi connectivity index (χ0n) is 16.5. The van der Waals surface area contributed by atoms with E-state index in [0.29, 0.717) is 34.6 Å². The SMILES string of the molecule is COc1cccc2c(Nc3ccc(Cl)cc3)nc(Nc3ccc(CCN)cc3)nc12. The maximum atomic E-state index is 6.01. The lowest BCUT2D eigenvalue weighted by molar-refractivity contribution is 0.419. The summed E-state index contributed by atoms with van der Waals surface area (Å²) in [5.41, 5.74) is 9.30. The van der Waals surface area contributed by atoms with Crippen molar-refractivity contribution in [3.8, 4) is 5.75 Å². The highest BCUT2D eigenvalue weighted by molar-refractivity contribution is 6.30. The average Bonchev–Trinajstić information content (AvgIpc) is 2.76. The summed E-state index contributed by atoms with van der Waals surface area (Å²) in [4.78, 5) is 9.39. The van der Waals surface area contributed by atoms with E-state index in [-0.39, 0.29) is 0 Å². The van der Waals surface area contributed by atoms with Crippen LogP contribution in [-0.2, 0) is 6.42 Å². The van der Waals surface area contributed by atoms with Gasteiger partial charge in [-0.15, -0.1) is 0 Å². The van der Waals surface area contributed by atoms with Crippen LogP contribution in [0.5, 0.6) is 5.75 Å².